The lowest BCUT2D eigenvalue weighted by molar-refractivity contribution is 0.231. The molecular weight excluding hydrogens is 445 g/mol. The van der Waals surface area contributed by atoms with E-state index in [1.807, 2.05) is 43.0 Å². The summed E-state index contributed by atoms with van der Waals surface area (Å²) in [5, 5.41) is 7.43. The summed E-state index contributed by atoms with van der Waals surface area (Å²) >= 11 is 6.03. The molecule has 0 aliphatic carbocycles. The highest BCUT2D eigenvalue weighted by atomic mass is 35.5. The molecule has 1 aromatic heterocycles. The molecule has 0 spiro atoms. The van der Waals surface area contributed by atoms with Crippen LogP contribution in [0.5, 0.6) is 5.75 Å². The molecule has 0 unspecified atom stereocenters. The number of hydrogen-bond acceptors (Lipinski definition) is 5. The third-order valence-electron chi connectivity index (χ3n) is 4.87. The second-order valence-electron chi connectivity index (χ2n) is 7.90. The lowest BCUT2D eigenvalue weighted by atomic mass is 10.2. The lowest BCUT2D eigenvalue weighted by Gasteiger charge is -2.33. The number of aromatic amines is 1. The first-order valence-corrected chi connectivity index (χ1v) is 11.0. The van der Waals surface area contributed by atoms with Gasteiger partial charge in [0.2, 0.25) is 5.96 Å². The topological polar surface area (TPSA) is 82.0 Å². The minimum atomic E-state index is -0.455. The number of nitrogens with zero attached hydrogens (tertiary/aromatic N) is 6. The van der Waals surface area contributed by atoms with Crippen LogP contribution in [0.15, 0.2) is 58.8 Å². The first-order valence-electron chi connectivity index (χ1n) is 10.6. The number of guanidine groups is 1. The summed E-state index contributed by atoms with van der Waals surface area (Å²) in [5.41, 5.74) is 1.53. The molecule has 0 radical (unpaired) electrons. The highest BCUT2D eigenvalue weighted by Crippen LogP contribution is 2.25. The van der Waals surface area contributed by atoms with E-state index in [0.717, 1.165) is 11.4 Å². The van der Waals surface area contributed by atoms with Gasteiger partial charge in [0.1, 0.15) is 12.2 Å². The van der Waals surface area contributed by atoms with Crippen LogP contribution in [0.1, 0.15) is 25.2 Å². The molecule has 2 heterocycles. The SMILES string of the molecule is CC(C)Oc1ccc(N=C2N=CN(CCc3ncn[nH]3)CN2Cc2ccc(Cl)cc2)cc1F. The van der Waals surface area contributed by atoms with Gasteiger partial charge in [-0.25, -0.2) is 19.4 Å². The molecular formula is C23H25ClFN7O. The van der Waals surface area contributed by atoms with Gasteiger partial charge < -0.3 is 14.5 Å². The van der Waals surface area contributed by atoms with E-state index in [9.17, 15) is 4.39 Å². The Balaban J connectivity index is 1.55. The zero-order chi connectivity index (χ0) is 23.2. The zero-order valence-electron chi connectivity index (χ0n) is 18.4. The Morgan fingerprint density at radius 3 is 2.73 bits per heavy atom. The number of rotatable bonds is 8. The van der Waals surface area contributed by atoms with Gasteiger partial charge in [0, 0.05) is 30.6 Å². The fourth-order valence-corrected chi connectivity index (χ4v) is 3.44. The van der Waals surface area contributed by atoms with Crippen molar-refractivity contribution in [3.8, 4) is 5.75 Å². The number of aromatic nitrogens is 3. The zero-order valence-corrected chi connectivity index (χ0v) is 19.2. The van der Waals surface area contributed by atoms with Gasteiger partial charge in [-0.2, -0.15) is 5.10 Å². The molecule has 8 nitrogen and oxygen atoms in total. The van der Waals surface area contributed by atoms with E-state index >= 15 is 0 Å². The smallest absolute Gasteiger partial charge is 0.229 e. The van der Waals surface area contributed by atoms with Crippen molar-refractivity contribution in [2.75, 3.05) is 13.2 Å². The molecule has 1 N–H and O–H groups in total. The molecule has 1 aliphatic heterocycles. The third-order valence-corrected chi connectivity index (χ3v) is 5.12. The molecule has 0 atom stereocenters. The Morgan fingerprint density at radius 1 is 1.21 bits per heavy atom. The molecule has 3 aromatic rings. The Hall–Kier alpha value is -3.46. The summed E-state index contributed by atoms with van der Waals surface area (Å²) < 4.78 is 19.9. The van der Waals surface area contributed by atoms with E-state index in [1.54, 1.807) is 18.5 Å². The second kappa shape index (κ2) is 10.4. The normalized spacial score (nSPS) is 15.0. The lowest BCUT2D eigenvalue weighted by Crippen LogP contribution is -2.44. The maximum absolute atomic E-state index is 14.5. The Bertz CT molecular complexity index is 1120. The summed E-state index contributed by atoms with van der Waals surface area (Å²) in [6.45, 7) is 5.55. The fraction of sp³-hybridized carbons (Fsp3) is 0.304. The van der Waals surface area contributed by atoms with Crippen LogP contribution in [-0.2, 0) is 13.0 Å². The molecule has 33 heavy (non-hydrogen) atoms. The van der Waals surface area contributed by atoms with Gasteiger partial charge >= 0.3 is 0 Å². The summed E-state index contributed by atoms with van der Waals surface area (Å²) in [5.74, 6) is 1.06. The summed E-state index contributed by atoms with van der Waals surface area (Å²) in [6, 6.07) is 12.3. The summed E-state index contributed by atoms with van der Waals surface area (Å²) in [7, 11) is 0. The molecule has 4 rings (SSSR count). The van der Waals surface area contributed by atoms with E-state index in [4.69, 9.17) is 16.3 Å². The van der Waals surface area contributed by atoms with Crippen LogP contribution < -0.4 is 4.74 Å². The fourth-order valence-electron chi connectivity index (χ4n) is 3.32. The predicted molar refractivity (Wildman–Crippen MR) is 126 cm³/mol. The van der Waals surface area contributed by atoms with Crippen LogP contribution in [0.3, 0.4) is 0 Å². The van der Waals surface area contributed by atoms with Gasteiger partial charge in [-0.15, -0.1) is 0 Å². The number of H-pyrrole nitrogens is 1. The first kappa shape index (κ1) is 22.7. The van der Waals surface area contributed by atoms with Crippen molar-refractivity contribution in [3.05, 3.63) is 71.0 Å². The number of benzene rings is 2. The van der Waals surface area contributed by atoms with E-state index in [1.165, 1.54) is 12.4 Å². The van der Waals surface area contributed by atoms with Crippen LogP contribution in [-0.4, -0.2) is 56.6 Å². The van der Waals surface area contributed by atoms with Gasteiger partial charge in [-0.3, -0.25) is 5.10 Å². The molecule has 0 amide bonds. The third kappa shape index (κ3) is 6.29. The van der Waals surface area contributed by atoms with Crippen LogP contribution in [0.4, 0.5) is 10.1 Å². The Kier molecular flexibility index (Phi) is 7.19. The average Bonchev–Trinajstić information content (AvgIpc) is 3.31. The minimum absolute atomic E-state index is 0.114. The summed E-state index contributed by atoms with van der Waals surface area (Å²) in [6.07, 6.45) is 3.83. The highest BCUT2D eigenvalue weighted by molar-refractivity contribution is 6.30. The molecule has 2 aromatic carbocycles. The van der Waals surface area contributed by atoms with Crippen LogP contribution in [0.25, 0.3) is 0 Å². The molecule has 172 valence electrons. The van der Waals surface area contributed by atoms with Gasteiger partial charge in [0.15, 0.2) is 11.6 Å². The molecule has 0 saturated carbocycles. The monoisotopic (exact) mass is 469 g/mol. The maximum Gasteiger partial charge on any atom is 0.229 e. The van der Waals surface area contributed by atoms with Crippen LogP contribution in [0.2, 0.25) is 5.02 Å². The van der Waals surface area contributed by atoms with Crippen LogP contribution in [0, 0.1) is 5.82 Å². The number of ether oxygens (including phenoxy) is 1. The predicted octanol–water partition coefficient (Wildman–Crippen LogP) is 4.42. The minimum Gasteiger partial charge on any atom is -0.488 e. The Labute approximate surface area is 196 Å². The average molecular weight is 470 g/mol. The largest absolute Gasteiger partial charge is 0.488 e. The van der Waals surface area contributed by atoms with Crippen molar-refractivity contribution in [3.63, 3.8) is 0 Å². The van der Waals surface area contributed by atoms with E-state index < -0.39 is 5.82 Å². The number of halogens is 2. The van der Waals surface area contributed by atoms with Crippen molar-refractivity contribution in [1.29, 1.82) is 0 Å². The molecule has 0 bridgehead atoms. The molecule has 0 saturated heterocycles. The second-order valence-corrected chi connectivity index (χ2v) is 8.33. The molecule has 1 aliphatic rings. The highest BCUT2D eigenvalue weighted by Gasteiger charge is 2.20. The van der Waals surface area contributed by atoms with Gasteiger partial charge in [-0.1, -0.05) is 23.7 Å². The summed E-state index contributed by atoms with van der Waals surface area (Å²) in [4.78, 5) is 17.4. The Morgan fingerprint density at radius 2 is 2.03 bits per heavy atom. The number of nitrogens with one attached hydrogen (secondary N) is 1. The first-order chi connectivity index (χ1) is 16.0. The van der Waals surface area contributed by atoms with Gasteiger partial charge in [-0.05, 0) is 43.7 Å². The van der Waals surface area contributed by atoms with Crippen molar-refractivity contribution in [1.82, 2.24) is 25.0 Å². The van der Waals surface area contributed by atoms with Crippen molar-refractivity contribution in [2.45, 2.75) is 32.9 Å². The van der Waals surface area contributed by atoms with E-state index in [0.29, 0.717) is 42.8 Å². The van der Waals surface area contributed by atoms with E-state index in [-0.39, 0.29) is 11.9 Å². The standard InChI is InChI=1S/C23H25ClFN7O/c1-16(2)33-21-8-7-19(11-20(21)25)29-23-27-14-31(10-9-22-26-13-28-30-22)15-32(23)12-17-3-5-18(24)6-4-17/h3-8,11,13-14,16H,9-10,12,15H2,1-2H3,(H,26,28,30). The molecule has 0 fully saturated rings. The number of hydrogen-bond donors (Lipinski definition) is 1. The van der Waals surface area contributed by atoms with Crippen molar-refractivity contribution >= 4 is 29.6 Å². The van der Waals surface area contributed by atoms with Gasteiger partial charge in [0.05, 0.1) is 24.8 Å². The van der Waals surface area contributed by atoms with Crippen molar-refractivity contribution in [2.24, 2.45) is 9.98 Å². The number of aliphatic imine (C=N–C) groups is 2. The quantitative estimate of drug-likeness (QED) is 0.528. The van der Waals surface area contributed by atoms with Gasteiger partial charge in [0.25, 0.3) is 0 Å². The van der Waals surface area contributed by atoms with Crippen molar-refractivity contribution < 1.29 is 9.13 Å². The molecule has 10 heteroatoms. The van der Waals surface area contributed by atoms with E-state index in [2.05, 4.69) is 30.1 Å². The van der Waals surface area contributed by atoms with Crippen LogP contribution >= 0.6 is 11.6 Å². The maximum atomic E-state index is 14.5.